The number of carbonyl (C=O) groups is 5. The summed E-state index contributed by atoms with van der Waals surface area (Å²) >= 11 is 12.1. The first-order chi connectivity index (χ1) is 64.4. The van der Waals surface area contributed by atoms with Crippen molar-refractivity contribution in [3.05, 3.63) is 188 Å². The Kier molecular flexibility index (Phi) is 49.8. The van der Waals surface area contributed by atoms with E-state index in [9.17, 15) is 29.4 Å². The number of alkyl carbamates (subject to hydrolysis) is 2. The number of amides is 2. The molecule has 15 atom stereocenters. The molecule has 754 valence electrons. The van der Waals surface area contributed by atoms with Crippen molar-refractivity contribution in [3.8, 4) is 11.5 Å². The number of methoxy groups -OCH3 is 3. The van der Waals surface area contributed by atoms with Crippen LogP contribution in [0.2, 0.25) is 10.0 Å². The van der Waals surface area contributed by atoms with Crippen molar-refractivity contribution < 1.29 is 177 Å². The number of nitrogens with zero attached hydrogens (tertiary/aromatic N) is 5. The highest BCUT2D eigenvalue weighted by molar-refractivity contribution is 6.30. The number of nitrogens with one attached hydrogen (secondary N) is 3. The Balaban J connectivity index is 0.000000781. The molecule has 2 aliphatic carbocycles. The van der Waals surface area contributed by atoms with Gasteiger partial charge in [-0.05, 0) is 134 Å². The van der Waals surface area contributed by atoms with Gasteiger partial charge in [0.25, 0.3) is 0 Å². The number of aromatic amines is 1. The number of ether oxygens (including phenoxy) is 7. The second-order valence-corrected chi connectivity index (χ2v) is 32.6. The number of hydrogen-bond donors (Lipinski definition) is 5. The molecule has 2 amide bonds. The molecule has 1 unspecified atom stereocenters. The summed E-state index contributed by atoms with van der Waals surface area (Å²) in [7, 11) is 8.69. The Morgan fingerprint density at radius 2 is 0.978 bits per heavy atom. The quantitative estimate of drug-likeness (QED) is 0.0246. The molecule has 2 spiro atoms. The van der Waals surface area contributed by atoms with Gasteiger partial charge in [-0.2, -0.15) is 0 Å². The van der Waals surface area contributed by atoms with Crippen LogP contribution in [0.4, 0.5) is 131 Å². The Morgan fingerprint density at radius 1 is 0.537 bits per heavy atom. The van der Waals surface area contributed by atoms with Crippen LogP contribution in [0.3, 0.4) is 0 Å². The number of likely N-dealkylation sites (N-methyl/N-ethyl adjacent to an activating group) is 2. The van der Waals surface area contributed by atoms with Crippen LogP contribution >= 0.6 is 23.2 Å². The molecule has 5 N–H and O–H groups in total. The summed E-state index contributed by atoms with van der Waals surface area (Å²) in [6, 6.07) is 31.2. The number of esters is 3. The summed E-state index contributed by atoms with van der Waals surface area (Å²) in [5, 5.41) is 35.0. The zero-order valence-electron chi connectivity index (χ0n) is 72.8. The van der Waals surface area contributed by atoms with Crippen molar-refractivity contribution in [2.24, 2.45) is 16.7 Å². The summed E-state index contributed by atoms with van der Waals surface area (Å²) in [6.45, 7) is 14.2. The summed E-state index contributed by atoms with van der Waals surface area (Å²) in [4.78, 5) is 83.7. The first kappa shape index (κ1) is 120. The molecule has 1 aromatic heterocycles. The molecule has 9 heterocycles. The van der Waals surface area contributed by atoms with Gasteiger partial charge in [0.15, 0.2) is 0 Å². The van der Waals surface area contributed by atoms with Crippen LogP contribution in [0.1, 0.15) is 120 Å². The lowest BCUT2D eigenvalue weighted by molar-refractivity contribution is -0.217. The number of rotatable bonds is 17. The summed E-state index contributed by atoms with van der Waals surface area (Å²) in [5.41, 5.74) is 2.58. The minimum atomic E-state index is -1.87. The molecule has 2 saturated carbocycles. The van der Waals surface area contributed by atoms with E-state index in [2.05, 4.69) is 122 Å². The lowest BCUT2D eigenvalue weighted by Crippen LogP contribution is -2.81. The van der Waals surface area contributed by atoms with Gasteiger partial charge in [0, 0.05) is 260 Å². The summed E-state index contributed by atoms with van der Waals surface area (Å²) < 4.78 is 234. The zero-order valence-corrected chi connectivity index (χ0v) is 74.3. The standard InChI is InChI=1S/C53H62ClN5O8.C32H38ClN3O6.CH4.12F2/c1-7-33-24-35-27-52(48(61)65-6,44-38(18-22-58(28-33)29-35)37-12-9-10-13-41(37)56-44)40-25-39-42(26-43(40)64-5)57(4)46-51(39)20-23-59-21-11-19-50(8-2,45(51)59)47(67-32(3)60)53(46,63)31-55-49(62)66-30-34-14-16-36(54)17-15-34;1-5-30-13-6-15-36-16-14-31(26(30)36)24-12-11-23(40-4)17-25(24)35(3)27(31)32(39,28(30)42-20(2)37)19-34-29(38)41-18-21-7-9-22(33)10-8-21;;12*1-2/h9-17,19,24-26,35,45-47,56,63H,7-8,18,20-23,27-31H2,1-6H3,(H,55,62);6-13,17,26-28,39H,5,14-16,18-19H2,1-4H3,(H,34,38);1H4;;;;;;;;;;;;/t35-,45-,46+,47+,50+,51+,52-,53-;26-,27+,28+,30+,31+,32-;;;;;;;;;;;;;/m00............./s1. The second-order valence-electron chi connectivity index (χ2n) is 31.7. The normalized spacial score (nSPS) is 26.5. The van der Waals surface area contributed by atoms with E-state index in [1.165, 1.54) is 26.5 Å². The van der Waals surface area contributed by atoms with Gasteiger partial charge in [-0.25, -0.2) is 9.59 Å². The fraction of sp³-hybridized carbons (Fsp3) is 0.500. The Labute approximate surface area is 764 Å². The third kappa shape index (κ3) is 22.7. The first-order valence-corrected chi connectivity index (χ1v) is 40.8. The van der Waals surface area contributed by atoms with Crippen molar-refractivity contribution >= 4 is 75.6 Å². The molecule has 8 aliphatic heterocycles. The molecular weight excluding hydrogens is 1900 g/mol. The largest absolute Gasteiger partial charge is 0.497 e. The van der Waals surface area contributed by atoms with E-state index in [1.807, 2.05) is 38.4 Å². The van der Waals surface area contributed by atoms with E-state index in [0.717, 1.165) is 114 Å². The predicted octanol–water partition coefficient (Wildman–Crippen LogP) is 22.0. The molecule has 0 radical (unpaired) electrons. The molecule has 2 saturated heterocycles. The average Bonchev–Trinajstić information content (AvgIpc) is 1.48. The highest BCUT2D eigenvalue weighted by Gasteiger charge is 2.80. The average molecular weight is 2000 g/mol. The minimum Gasteiger partial charge on any atom is -0.497 e. The smallest absolute Gasteiger partial charge is 0.407 e. The molecule has 22 nitrogen and oxygen atoms in total. The minimum absolute atomic E-state index is 0. The fourth-order valence-corrected chi connectivity index (χ4v) is 22.9. The molecule has 2 bridgehead atoms. The maximum absolute atomic E-state index is 15.5. The maximum Gasteiger partial charge on any atom is 0.407 e. The van der Waals surface area contributed by atoms with Gasteiger partial charge in [0.1, 0.15) is 53.5 Å². The molecule has 10 aliphatic rings. The van der Waals surface area contributed by atoms with Gasteiger partial charge >= 0.3 is 30.1 Å². The third-order valence-electron chi connectivity index (χ3n) is 26.5. The topological polar surface area (TPSA) is 246 Å². The van der Waals surface area contributed by atoms with Crippen LogP contribution in [-0.2, 0) is 73.9 Å². The zero-order chi connectivity index (χ0) is 101. The maximum atomic E-state index is 15.5. The van der Waals surface area contributed by atoms with E-state index < -0.39 is 86.7 Å². The van der Waals surface area contributed by atoms with Crippen LogP contribution in [0.25, 0.3) is 10.9 Å². The number of aromatic nitrogens is 1. The molecule has 5 aromatic carbocycles. The van der Waals surface area contributed by atoms with Crippen LogP contribution in [0, 0.1) is 16.7 Å². The monoisotopic (exact) mass is 2000 g/mol. The third-order valence-corrected chi connectivity index (χ3v) is 27.0. The van der Waals surface area contributed by atoms with Crippen molar-refractivity contribution in [2.75, 3.05) is 104 Å². The van der Waals surface area contributed by atoms with Crippen molar-refractivity contribution in [2.45, 2.75) is 164 Å². The number of aliphatic hydroxyl groups is 2. The van der Waals surface area contributed by atoms with E-state index in [1.54, 1.807) is 62.8 Å². The van der Waals surface area contributed by atoms with E-state index >= 15 is 4.79 Å². The van der Waals surface area contributed by atoms with E-state index in [-0.39, 0.29) is 57.7 Å². The highest BCUT2D eigenvalue weighted by atomic mass is 35.5. The molecule has 4 fully saturated rings. The summed E-state index contributed by atoms with van der Waals surface area (Å²) in [5.74, 6) is -0.133. The number of para-hydroxylation sites is 1. The lowest BCUT2D eigenvalue weighted by atomic mass is 9.47. The number of fused-ring (bicyclic) bond motifs is 7. The summed E-state index contributed by atoms with van der Waals surface area (Å²) in [6.07, 6.45) is 12.2. The number of H-pyrrole nitrogens is 1. The molecule has 48 heteroatoms. The fourth-order valence-electron chi connectivity index (χ4n) is 22.6. The van der Waals surface area contributed by atoms with Crippen LogP contribution in [0.15, 0.2) is 139 Å². The van der Waals surface area contributed by atoms with Crippen molar-refractivity contribution in [3.63, 3.8) is 0 Å². The van der Waals surface area contributed by atoms with Crippen LogP contribution < -0.4 is 29.9 Å². The lowest BCUT2D eigenvalue weighted by Gasteiger charge is -2.64. The van der Waals surface area contributed by atoms with E-state index in [0.29, 0.717) is 60.1 Å². The van der Waals surface area contributed by atoms with Crippen molar-refractivity contribution in [1.82, 2.24) is 30.3 Å². The van der Waals surface area contributed by atoms with Gasteiger partial charge < -0.3 is 68.8 Å². The Bertz CT molecular complexity index is 4740. The first-order valence-electron chi connectivity index (χ1n) is 40.0. The molecule has 134 heavy (non-hydrogen) atoms. The highest BCUT2D eigenvalue weighted by Crippen LogP contribution is 2.70. The van der Waals surface area contributed by atoms with Gasteiger partial charge in [0.2, 0.25) is 0 Å². The van der Waals surface area contributed by atoms with E-state index in [4.69, 9.17) is 166 Å². The van der Waals surface area contributed by atoms with Gasteiger partial charge in [0.05, 0.1) is 46.5 Å². The SMILES string of the molecule is C.CCC1=C[C@@H]2CN(CCc3c([nH]c4ccccc34)[C@@](C(=O)OC)(c3cc4c(cc3OC)N(C)[C@H]3[C@@](O)(CNC(=O)OCc5ccc(Cl)cc5)[C@H](OC(C)=O)[C@]5(CC)C=CCN6CC[C@]43[C@@H]65)C2)C1.CC[C@]12C=CCN3CC[C@@]4(c5ccc(OC)cc5N(C)[C@H]4[C@@](O)(CNC(=O)OCc4ccc(Cl)cc4)[C@@H]1OC(C)=O)[C@@H]32.FF.FF.FF.FF.FF.FF.FF.FF.FF.FF.FF.FF. The number of halogens is 26. The Hall–Kier alpha value is -10.3. The predicted molar refractivity (Wildman–Crippen MR) is 449 cm³/mol. The van der Waals surface area contributed by atoms with Crippen molar-refractivity contribution in [1.29, 1.82) is 0 Å². The Morgan fingerprint density at radius 3 is 1.40 bits per heavy atom. The van der Waals surface area contributed by atoms with Crippen LogP contribution in [0.5, 0.6) is 11.5 Å². The van der Waals surface area contributed by atoms with Gasteiger partial charge in [-0.3, -0.25) is 29.1 Å². The number of benzene rings is 5. The van der Waals surface area contributed by atoms with Crippen LogP contribution in [-0.4, -0.2) is 202 Å². The number of anilines is 2. The molecule has 6 aromatic rings. The second kappa shape index (κ2) is 55.7. The molecular formula is C86H104Cl2F24N8O14. The number of carbonyl (C=O) groups excluding carboxylic acids is 5. The van der Waals surface area contributed by atoms with Gasteiger partial charge in [-0.1, -0.05) is 136 Å². The van der Waals surface area contributed by atoms with Gasteiger partial charge in [-0.15, -0.1) is 0 Å². The number of hydrogen-bond acceptors (Lipinski definition) is 19. The molecule has 16 rings (SSSR count).